The number of aliphatic imine (C=N–C) groups is 1. The summed E-state index contributed by atoms with van der Waals surface area (Å²) in [5, 5.41) is 20.7. The van der Waals surface area contributed by atoms with Gasteiger partial charge in [-0.05, 0) is 49.2 Å². The van der Waals surface area contributed by atoms with Crippen molar-refractivity contribution in [2.75, 3.05) is 13.7 Å². The Morgan fingerprint density at radius 1 is 1.16 bits per heavy atom. The number of nitrogens with zero attached hydrogens (tertiary/aromatic N) is 1. The van der Waals surface area contributed by atoms with Crippen molar-refractivity contribution >= 4 is 34.8 Å². The predicted octanol–water partition coefficient (Wildman–Crippen LogP) is 4.41. The average molecular weight is 439 g/mol. The number of aromatic hydroxyl groups is 1. The van der Waals surface area contributed by atoms with E-state index in [1.165, 1.54) is 13.2 Å². The summed E-state index contributed by atoms with van der Waals surface area (Å²) in [6.45, 7) is 3.53. The Labute approximate surface area is 183 Å². The Balaban J connectivity index is 2.03. The van der Waals surface area contributed by atoms with Crippen LogP contribution >= 0.6 is 11.8 Å². The molecule has 0 spiro atoms. The van der Waals surface area contributed by atoms with Gasteiger partial charge >= 0.3 is 5.97 Å². The van der Waals surface area contributed by atoms with Gasteiger partial charge in [-0.3, -0.25) is 4.79 Å². The minimum absolute atomic E-state index is 0.0492. The van der Waals surface area contributed by atoms with Crippen LogP contribution in [0.5, 0.6) is 11.5 Å². The minimum atomic E-state index is -0.773. The van der Waals surface area contributed by atoms with Crippen molar-refractivity contribution < 1.29 is 29.3 Å². The van der Waals surface area contributed by atoms with Crippen LogP contribution in [0, 0.1) is 6.92 Å². The number of benzene rings is 2. The molecule has 0 unspecified atom stereocenters. The third kappa shape index (κ3) is 4.80. The van der Waals surface area contributed by atoms with Crippen LogP contribution in [0.25, 0.3) is 6.08 Å². The molecule has 3 rings (SSSR count). The zero-order valence-corrected chi connectivity index (χ0v) is 18.0. The first kappa shape index (κ1) is 22.2. The lowest BCUT2D eigenvalue weighted by atomic mass is 10.1. The number of carbonyl (C=O) groups is 2. The molecule has 8 heteroatoms. The van der Waals surface area contributed by atoms with Crippen LogP contribution in [-0.2, 0) is 9.53 Å². The quantitative estimate of drug-likeness (QED) is 0.665. The van der Waals surface area contributed by atoms with Crippen molar-refractivity contribution in [2.24, 2.45) is 4.99 Å². The van der Waals surface area contributed by atoms with E-state index >= 15 is 0 Å². The van der Waals surface area contributed by atoms with Crippen molar-refractivity contribution in [1.82, 2.24) is 0 Å². The summed E-state index contributed by atoms with van der Waals surface area (Å²) in [6, 6.07) is 11.7. The molecule has 0 fully saturated rings. The van der Waals surface area contributed by atoms with E-state index in [2.05, 4.69) is 4.99 Å². The summed E-state index contributed by atoms with van der Waals surface area (Å²) in [4.78, 5) is 29.6. The Bertz CT molecular complexity index is 1130. The maximum atomic E-state index is 12.7. The lowest BCUT2D eigenvalue weighted by Crippen LogP contribution is -2.14. The number of ether oxygens (including phenoxy) is 2. The van der Waals surface area contributed by atoms with E-state index < -0.39 is 11.9 Å². The van der Waals surface area contributed by atoms with Crippen LogP contribution in [0.3, 0.4) is 0 Å². The Morgan fingerprint density at radius 3 is 2.55 bits per heavy atom. The molecule has 1 amide bonds. The Hall–Kier alpha value is -3.52. The largest absolute Gasteiger partial charge is 0.506 e. The second-order valence-corrected chi connectivity index (χ2v) is 7.55. The topological polar surface area (TPSA) is 105 Å². The Kier molecular flexibility index (Phi) is 6.81. The van der Waals surface area contributed by atoms with Crippen LogP contribution < -0.4 is 4.74 Å². The van der Waals surface area contributed by atoms with Gasteiger partial charge in [-0.25, -0.2) is 9.79 Å². The molecule has 7 nitrogen and oxygen atoms in total. The smallest absolute Gasteiger partial charge is 0.344 e. The van der Waals surface area contributed by atoms with Gasteiger partial charge in [0.15, 0.2) is 11.5 Å². The summed E-state index contributed by atoms with van der Waals surface area (Å²) in [5.41, 5.74) is 1.53. The highest BCUT2D eigenvalue weighted by Gasteiger charge is 2.34. The fourth-order valence-electron chi connectivity index (χ4n) is 2.91. The summed E-state index contributed by atoms with van der Waals surface area (Å²) in [6.07, 6.45) is 1.57. The number of amides is 1. The van der Waals surface area contributed by atoms with Gasteiger partial charge < -0.3 is 19.7 Å². The maximum Gasteiger partial charge on any atom is 0.344 e. The fraction of sp³-hybridized carbons (Fsp3) is 0.174. The van der Waals surface area contributed by atoms with E-state index in [9.17, 15) is 19.8 Å². The number of esters is 1. The summed E-state index contributed by atoms with van der Waals surface area (Å²) in [7, 11) is 1.44. The molecule has 0 aliphatic carbocycles. The van der Waals surface area contributed by atoms with Gasteiger partial charge in [0.2, 0.25) is 0 Å². The van der Waals surface area contributed by atoms with E-state index in [0.29, 0.717) is 21.8 Å². The molecule has 0 saturated carbocycles. The van der Waals surface area contributed by atoms with Gasteiger partial charge in [-0.15, -0.1) is 0 Å². The summed E-state index contributed by atoms with van der Waals surface area (Å²) < 4.78 is 10.1. The van der Waals surface area contributed by atoms with Gasteiger partial charge in [0.1, 0.15) is 16.4 Å². The van der Waals surface area contributed by atoms with Gasteiger partial charge in [-0.2, -0.15) is 0 Å². The van der Waals surface area contributed by atoms with Gasteiger partial charge in [-0.1, -0.05) is 36.0 Å². The molecule has 2 aromatic carbocycles. The zero-order chi connectivity index (χ0) is 22.5. The number of aryl methyl sites for hydroxylation is 1. The minimum Gasteiger partial charge on any atom is -0.506 e. The number of carbonyl (C=O) groups excluding carboxylic acids is 2. The van der Waals surface area contributed by atoms with Crippen molar-refractivity contribution in [3.63, 3.8) is 0 Å². The molecule has 0 aromatic heterocycles. The SMILES string of the molecule is CCOC(=O)C1=C(O)/C(=C/c2ccc(OC)c(O)c2)SC1=NC(=O)c1ccccc1C. The first-order valence-corrected chi connectivity index (χ1v) is 10.2. The molecule has 31 heavy (non-hydrogen) atoms. The summed E-state index contributed by atoms with van der Waals surface area (Å²) in [5.74, 6) is -1.41. The van der Waals surface area contributed by atoms with Crippen LogP contribution in [0.15, 0.2) is 63.7 Å². The molecule has 1 aliphatic rings. The predicted molar refractivity (Wildman–Crippen MR) is 119 cm³/mol. The average Bonchev–Trinajstić information content (AvgIpc) is 3.03. The highest BCUT2D eigenvalue weighted by molar-refractivity contribution is 8.18. The van der Waals surface area contributed by atoms with Crippen molar-refractivity contribution in [3.05, 3.63) is 75.4 Å². The highest BCUT2D eigenvalue weighted by atomic mass is 32.2. The zero-order valence-electron chi connectivity index (χ0n) is 17.2. The number of rotatable bonds is 5. The standard InChI is InChI=1S/C23H21NO6S/c1-4-30-23(28)19-20(26)18(12-14-9-10-17(29-3)16(25)11-14)31-22(19)24-21(27)15-8-6-5-7-13(15)2/h5-12,25-26H,4H2,1-3H3/b18-12-,24-22?. The highest BCUT2D eigenvalue weighted by Crippen LogP contribution is 2.40. The van der Waals surface area contributed by atoms with Crippen LogP contribution in [-0.4, -0.2) is 40.8 Å². The Morgan fingerprint density at radius 2 is 1.90 bits per heavy atom. The second kappa shape index (κ2) is 9.53. The first-order chi connectivity index (χ1) is 14.8. The van der Waals surface area contributed by atoms with Crippen LogP contribution in [0.4, 0.5) is 0 Å². The van der Waals surface area contributed by atoms with E-state index in [4.69, 9.17) is 9.47 Å². The van der Waals surface area contributed by atoms with Crippen LogP contribution in [0.1, 0.15) is 28.4 Å². The van der Waals surface area contributed by atoms with Crippen LogP contribution in [0.2, 0.25) is 0 Å². The van der Waals surface area contributed by atoms with Gasteiger partial charge in [0, 0.05) is 5.56 Å². The number of thioether (sulfide) groups is 1. The normalized spacial score (nSPS) is 16.1. The molecule has 2 N–H and O–H groups in total. The molecule has 1 aliphatic heterocycles. The number of phenols is 1. The van der Waals surface area contributed by atoms with E-state index in [0.717, 1.165) is 17.3 Å². The lowest BCUT2D eigenvalue weighted by molar-refractivity contribution is -0.138. The molecule has 160 valence electrons. The number of aliphatic hydroxyl groups excluding tert-OH is 1. The first-order valence-electron chi connectivity index (χ1n) is 9.42. The van der Waals surface area contributed by atoms with Gasteiger partial charge in [0.25, 0.3) is 5.91 Å². The fourth-order valence-corrected chi connectivity index (χ4v) is 3.92. The number of phenolic OH excluding ortho intramolecular Hbond substituents is 1. The molecule has 0 radical (unpaired) electrons. The molecular formula is C23H21NO6S. The molecule has 0 bridgehead atoms. The molecule has 1 heterocycles. The number of hydrogen-bond acceptors (Lipinski definition) is 7. The van der Waals surface area contributed by atoms with Crippen molar-refractivity contribution in [3.8, 4) is 11.5 Å². The van der Waals surface area contributed by atoms with Crippen molar-refractivity contribution in [1.29, 1.82) is 0 Å². The van der Waals surface area contributed by atoms with Crippen molar-refractivity contribution in [2.45, 2.75) is 13.8 Å². The van der Waals surface area contributed by atoms with Gasteiger partial charge in [0.05, 0.1) is 18.6 Å². The lowest BCUT2D eigenvalue weighted by Gasteiger charge is -2.04. The van der Waals surface area contributed by atoms with E-state index in [1.54, 1.807) is 50.3 Å². The monoisotopic (exact) mass is 439 g/mol. The second-order valence-electron chi connectivity index (χ2n) is 6.52. The third-order valence-electron chi connectivity index (χ3n) is 4.45. The molecule has 2 aromatic rings. The maximum absolute atomic E-state index is 12.7. The third-order valence-corrected chi connectivity index (χ3v) is 5.47. The molecule has 0 saturated heterocycles. The van der Waals surface area contributed by atoms with E-state index in [-0.39, 0.29) is 28.7 Å². The number of hydrogen-bond donors (Lipinski definition) is 2. The molecular weight excluding hydrogens is 418 g/mol. The summed E-state index contributed by atoms with van der Waals surface area (Å²) >= 11 is 0.973. The number of aliphatic hydroxyl groups is 1. The molecule has 0 atom stereocenters. The van der Waals surface area contributed by atoms with E-state index in [1.807, 2.05) is 6.07 Å². The number of methoxy groups -OCH3 is 1.